The Morgan fingerprint density at radius 2 is 1.69 bits per heavy atom. The van der Waals surface area contributed by atoms with Gasteiger partial charge in [0, 0.05) is 43.1 Å². The molecular formula is C21H25N3O2. The highest BCUT2D eigenvalue weighted by atomic mass is 16.2. The van der Waals surface area contributed by atoms with Gasteiger partial charge in [-0.15, -0.1) is 0 Å². The molecule has 5 heteroatoms. The van der Waals surface area contributed by atoms with Crippen LogP contribution in [-0.2, 0) is 4.79 Å². The molecule has 1 aliphatic heterocycles. The standard InChI is InChI=1S/C21H25N3O2/c1-16-4-3-5-20(14-16)23-10-12-24(13-11-23)21(26)15-22-19-8-6-18(7-9-19)17(2)25/h3-9,14,22H,10-13,15H2,1-2H3. The van der Waals surface area contributed by atoms with Crippen molar-refractivity contribution in [3.05, 3.63) is 59.7 Å². The summed E-state index contributed by atoms with van der Waals surface area (Å²) in [7, 11) is 0. The van der Waals surface area contributed by atoms with Crippen LogP contribution >= 0.6 is 0 Å². The molecule has 0 bridgehead atoms. The molecule has 1 fully saturated rings. The van der Waals surface area contributed by atoms with E-state index in [1.807, 2.05) is 17.0 Å². The Morgan fingerprint density at radius 3 is 2.31 bits per heavy atom. The van der Waals surface area contributed by atoms with Crippen molar-refractivity contribution >= 4 is 23.1 Å². The van der Waals surface area contributed by atoms with E-state index in [-0.39, 0.29) is 18.2 Å². The number of nitrogens with zero attached hydrogens (tertiary/aromatic N) is 2. The topological polar surface area (TPSA) is 52.7 Å². The number of benzene rings is 2. The number of ketones is 1. The van der Waals surface area contributed by atoms with Crippen LogP contribution in [0.4, 0.5) is 11.4 Å². The Balaban J connectivity index is 1.48. The highest BCUT2D eigenvalue weighted by Crippen LogP contribution is 2.18. The summed E-state index contributed by atoms with van der Waals surface area (Å²) in [6.07, 6.45) is 0. The van der Waals surface area contributed by atoms with Crippen molar-refractivity contribution in [2.24, 2.45) is 0 Å². The molecule has 136 valence electrons. The van der Waals surface area contributed by atoms with Gasteiger partial charge in [0.15, 0.2) is 5.78 Å². The fourth-order valence-corrected chi connectivity index (χ4v) is 3.15. The van der Waals surface area contributed by atoms with Gasteiger partial charge in [-0.25, -0.2) is 0 Å². The summed E-state index contributed by atoms with van der Waals surface area (Å²) in [5, 5.41) is 3.14. The third kappa shape index (κ3) is 4.42. The van der Waals surface area contributed by atoms with Crippen LogP contribution in [0.3, 0.4) is 0 Å². The minimum Gasteiger partial charge on any atom is -0.376 e. The van der Waals surface area contributed by atoms with Gasteiger partial charge in [-0.05, 0) is 55.8 Å². The Bertz CT molecular complexity index is 778. The monoisotopic (exact) mass is 351 g/mol. The molecule has 1 saturated heterocycles. The van der Waals surface area contributed by atoms with Gasteiger partial charge in [-0.1, -0.05) is 12.1 Å². The molecule has 1 heterocycles. The van der Waals surface area contributed by atoms with Crippen molar-refractivity contribution in [1.29, 1.82) is 0 Å². The number of Topliss-reactive ketones (excluding diaryl/α,β-unsaturated/α-hetero) is 1. The molecule has 2 aromatic carbocycles. The van der Waals surface area contributed by atoms with E-state index >= 15 is 0 Å². The second-order valence-electron chi connectivity index (χ2n) is 6.69. The Kier molecular flexibility index (Phi) is 5.56. The third-order valence-corrected chi connectivity index (χ3v) is 4.73. The second-order valence-corrected chi connectivity index (χ2v) is 6.69. The maximum Gasteiger partial charge on any atom is 0.241 e. The minimum atomic E-state index is 0.0408. The van der Waals surface area contributed by atoms with Gasteiger partial charge in [0.2, 0.25) is 5.91 Å². The molecule has 1 aliphatic rings. The number of anilines is 2. The number of carbonyl (C=O) groups is 2. The van der Waals surface area contributed by atoms with E-state index in [1.54, 1.807) is 19.1 Å². The second kappa shape index (κ2) is 8.04. The molecule has 0 unspecified atom stereocenters. The molecule has 0 atom stereocenters. The maximum absolute atomic E-state index is 12.4. The first kappa shape index (κ1) is 18.0. The van der Waals surface area contributed by atoms with Crippen LogP contribution in [0.15, 0.2) is 48.5 Å². The molecule has 0 saturated carbocycles. The lowest BCUT2D eigenvalue weighted by molar-refractivity contribution is -0.129. The maximum atomic E-state index is 12.4. The first-order chi connectivity index (χ1) is 12.5. The van der Waals surface area contributed by atoms with E-state index in [2.05, 4.69) is 41.4 Å². The van der Waals surface area contributed by atoms with Crippen LogP contribution in [0.2, 0.25) is 0 Å². The third-order valence-electron chi connectivity index (χ3n) is 4.73. The lowest BCUT2D eigenvalue weighted by Crippen LogP contribution is -2.50. The van der Waals surface area contributed by atoms with Crippen molar-refractivity contribution in [2.45, 2.75) is 13.8 Å². The Hall–Kier alpha value is -2.82. The van der Waals surface area contributed by atoms with Gasteiger partial charge >= 0.3 is 0 Å². The van der Waals surface area contributed by atoms with Gasteiger partial charge < -0.3 is 15.1 Å². The largest absolute Gasteiger partial charge is 0.376 e. The lowest BCUT2D eigenvalue weighted by atomic mass is 10.1. The molecule has 3 rings (SSSR count). The van der Waals surface area contributed by atoms with Crippen LogP contribution in [0, 0.1) is 6.92 Å². The molecule has 2 aromatic rings. The Labute approximate surface area is 154 Å². The van der Waals surface area contributed by atoms with Crippen LogP contribution in [0.5, 0.6) is 0 Å². The zero-order chi connectivity index (χ0) is 18.5. The number of amides is 1. The summed E-state index contributed by atoms with van der Waals surface area (Å²) in [5.74, 6) is 0.142. The van der Waals surface area contributed by atoms with E-state index < -0.39 is 0 Å². The first-order valence-corrected chi connectivity index (χ1v) is 8.97. The van der Waals surface area contributed by atoms with Crippen molar-refractivity contribution in [3.8, 4) is 0 Å². The van der Waals surface area contributed by atoms with Crippen molar-refractivity contribution in [2.75, 3.05) is 42.9 Å². The summed E-state index contributed by atoms with van der Waals surface area (Å²) in [6, 6.07) is 15.7. The van der Waals surface area contributed by atoms with Crippen molar-refractivity contribution < 1.29 is 9.59 Å². The number of hydrogen-bond donors (Lipinski definition) is 1. The number of piperazine rings is 1. The normalized spacial score (nSPS) is 14.2. The van der Waals surface area contributed by atoms with Gasteiger partial charge in [0.25, 0.3) is 0 Å². The SMILES string of the molecule is CC(=O)c1ccc(NCC(=O)N2CCN(c3cccc(C)c3)CC2)cc1. The molecule has 1 amide bonds. The highest BCUT2D eigenvalue weighted by Gasteiger charge is 2.21. The molecule has 0 aromatic heterocycles. The summed E-state index contributed by atoms with van der Waals surface area (Å²) in [4.78, 5) is 28.0. The highest BCUT2D eigenvalue weighted by molar-refractivity contribution is 5.94. The molecular weight excluding hydrogens is 326 g/mol. The van der Waals surface area contributed by atoms with Crippen molar-refractivity contribution in [3.63, 3.8) is 0 Å². The predicted molar refractivity (Wildman–Crippen MR) is 105 cm³/mol. The average molecular weight is 351 g/mol. The van der Waals surface area contributed by atoms with Gasteiger partial charge in [0.05, 0.1) is 6.54 Å². The zero-order valence-corrected chi connectivity index (χ0v) is 15.4. The predicted octanol–water partition coefficient (Wildman–Crippen LogP) is 2.96. The summed E-state index contributed by atoms with van der Waals surface area (Å²) >= 11 is 0. The van der Waals surface area contributed by atoms with Crippen LogP contribution in [0.25, 0.3) is 0 Å². The summed E-state index contributed by atoms with van der Waals surface area (Å²) < 4.78 is 0. The molecule has 5 nitrogen and oxygen atoms in total. The molecule has 1 N–H and O–H groups in total. The van der Waals surface area contributed by atoms with Gasteiger partial charge in [-0.2, -0.15) is 0 Å². The van der Waals surface area contributed by atoms with Crippen molar-refractivity contribution in [1.82, 2.24) is 4.90 Å². The zero-order valence-electron chi connectivity index (χ0n) is 15.4. The average Bonchev–Trinajstić information content (AvgIpc) is 2.66. The number of rotatable bonds is 5. The van der Waals surface area contributed by atoms with E-state index in [1.165, 1.54) is 11.3 Å². The van der Waals surface area contributed by atoms with Gasteiger partial charge in [-0.3, -0.25) is 9.59 Å². The summed E-state index contributed by atoms with van der Waals surface area (Å²) in [6.45, 7) is 7.07. The molecule has 0 aliphatic carbocycles. The first-order valence-electron chi connectivity index (χ1n) is 8.97. The number of carbonyl (C=O) groups excluding carboxylic acids is 2. The minimum absolute atomic E-state index is 0.0408. The van der Waals surface area contributed by atoms with Gasteiger partial charge in [0.1, 0.15) is 0 Å². The fraction of sp³-hybridized carbons (Fsp3) is 0.333. The van der Waals surface area contributed by atoms with E-state index in [4.69, 9.17) is 0 Å². The number of hydrogen-bond acceptors (Lipinski definition) is 4. The van der Waals surface area contributed by atoms with Crippen LogP contribution < -0.4 is 10.2 Å². The Morgan fingerprint density at radius 1 is 1.00 bits per heavy atom. The smallest absolute Gasteiger partial charge is 0.241 e. The van der Waals surface area contributed by atoms with Crippen LogP contribution in [-0.4, -0.2) is 49.3 Å². The molecule has 0 spiro atoms. The van der Waals surface area contributed by atoms with Crippen LogP contribution in [0.1, 0.15) is 22.8 Å². The van der Waals surface area contributed by atoms with E-state index in [9.17, 15) is 9.59 Å². The number of nitrogens with one attached hydrogen (secondary N) is 1. The number of aryl methyl sites for hydroxylation is 1. The quantitative estimate of drug-likeness (QED) is 0.842. The molecule has 0 radical (unpaired) electrons. The summed E-state index contributed by atoms with van der Waals surface area (Å²) in [5.41, 5.74) is 4.00. The fourth-order valence-electron chi connectivity index (χ4n) is 3.15. The molecule has 26 heavy (non-hydrogen) atoms. The lowest BCUT2D eigenvalue weighted by Gasteiger charge is -2.36. The van der Waals surface area contributed by atoms with E-state index in [0.717, 1.165) is 31.9 Å². The van der Waals surface area contributed by atoms with E-state index in [0.29, 0.717) is 5.56 Å².